The second kappa shape index (κ2) is 3.21. The van der Waals surface area contributed by atoms with Crippen molar-refractivity contribution in [3.8, 4) is 0 Å². The molecule has 0 saturated carbocycles. The highest BCUT2D eigenvalue weighted by Crippen LogP contribution is 2.04. The first-order valence-corrected chi connectivity index (χ1v) is 4.67. The number of nitrogens with zero attached hydrogens (tertiary/aromatic N) is 1. The minimum Gasteiger partial charge on any atom is -0.342 e. The van der Waals surface area contributed by atoms with Gasteiger partial charge in [0, 0.05) is 0 Å². The molecular formula is C11H14N2. The summed E-state index contributed by atoms with van der Waals surface area (Å²) < 4.78 is 0. The molecule has 2 heteroatoms. The fourth-order valence-corrected chi connectivity index (χ4v) is 1.59. The maximum atomic E-state index is 4.39. The smallest absolute Gasteiger partial charge is 0.104 e. The molecule has 0 bridgehead atoms. The second-order valence-electron chi connectivity index (χ2n) is 3.60. The number of imidazole rings is 1. The summed E-state index contributed by atoms with van der Waals surface area (Å²) in [6.45, 7) is 4.20. The van der Waals surface area contributed by atoms with Crippen molar-refractivity contribution in [3.63, 3.8) is 0 Å². The monoisotopic (exact) mass is 174 g/mol. The number of hydrogen-bond acceptors (Lipinski definition) is 1. The summed E-state index contributed by atoms with van der Waals surface area (Å²) in [6, 6.07) is 0. The number of aromatic nitrogens is 2. The Morgan fingerprint density at radius 3 is 3.23 bits per heavy atom. The van der Waals surface area contributed by atoms with E-state index in [1.165, 1.54) is 0 Å². The number of rotatable bonds is 0. The van der Waals surface area contributed by atoms with Crippen LogP contribution in [0, 0.1) is 12.8 Å². The SMILES string of the molecule is Cc1n\c2c([nH]1)=CC(C)C/C=C\C=2. The highest BCUT2D eigenvalue weighted by atomic mass is 14.9. The number of hydrogen-bond donors (Lipinski definition) is 1. The van der Waals surface area contributed by atoms with E-state index in [0.717, 1.165) is 22.9 Å². The number of fused-ring (bicyclic) bond motifs is 1. The molecule has 13 heavy (non-hydrogen) atoms. The largest absolute Gasteiger partial charge is 0.342 e. The van der Waals surface area contributed by atoms with Gasteiger partial charge in [-0.2, -0.15) is 0 Å². The molecular weight excluding hydrogens is 160 g/mol. The summed E-state index contributed by atoms with van der Waals surface area (Å²) in [6.07, 6.45) is 9.68. The highest BCUT2D eigenvalue weighted by Gasteiger charge is 1.99. The summed E-state index contributed by atoms with van der Waals surface area (Å²) >= 11 is 0. The molecule has 0 aromatic carbocycles. The second-order valence-corrected chi connectivity index (χ2v) is 3.60. The first-order chi connectivity index (χ1) is 6.25. The van der Waals surface area contributed by atoms with Gasteiger partial charge in [0.2, 0.25) is 0 Å². The van der Waals surface area contributed by atoms with Gasteiger partial charge in [-0.3, -0.25) is 0 Å². The summed E-state index contributed by atoms with van der Waals surface area (Å²) in [5, 5.41) is 2.22. The lowest BCUT2D eigenvalue weighted by molar-refractivity contribution is 0.782. The van der Waals surface area contributed by atoms with Crippen molar-refractivity contribution in [2.24, 2.45) is 5.92 Å². The Hall–Kier alpha value is -1.31. The first-order valence-electron chi connectivity index (χ1n) is 4.67. The van der Waals surface area contributed by atoms with Crippen molar-refractivity contribution in [1.29, 1.82) is 0 Å². The van der Waals surface area contributed by atoms with Crippen molar-refractivity contribution in [1.82, 2.24) is 9.97 Å². The molecule has 1 unspecified atom stereocenters. The third-order valence-corrected chi connectivity index (χ3v) is 2.23. The third-order valence-electron chi connectivity index (χ3n) is 2.23. The molecule has 1 aliphatic rings. The average Bonchev–Trinajstić information content (AvgIpc) is 2.36. The maximum absolute atomic E-state index is 4.39. The normalized spacial score (nSPS) is 26.0. The molecule has 1 heterocycles. The molecule has 0 spiro atoms. The zero-order valence-corrected chi connectivity index (χ0v) is 8.04. The lowest BCUT2D eigenvalue weighted by atomic mass is 10.1. The minimum atomic E-state index is 0.587. The zero-order valence-electron chi connectivity index (χ0n) is 8.04. The molecule has 1 aromatic heterocycles. The van der Waals surface area contributed by atoms with Gasteiger partial charge < -0.3 is 4.98 Å². The van der Waals surface area contributed by atoms with E-state index in [1.54, 1.807) is 0 Å². The molecule has 2 nitrogen and oxygen atoms in total. The van der Waals surface area contributed by atoms with E-state index in [9.17, 15) is 0 Å². The van der Waals surface area contributed by atoms with Gasteiger partial charge >= 0.3 is 0 Å². The Morgan fingerprint density at radius 2 is 2.38 bits per heavy atom. The van der Waals surface area contributed by atoms with E-state index < -0.39 is 0 Å². The van der Waals surface area contributed by atoms with Gasteiger partial charge in [-0.1, -0.05) is 25.2 Å². The quantitative estimate of drug-likeness (QED) is 0.621. The summed E-state index contributed by atoms with van der Waals surface area (Å²) in [7, 11) is 0. The molecule has 0 amide bonds. The Bertz CT molecular complexity index is 437. The molecule has 1 aromatic rings. The summed E-state index contributed by atoms with van der Waals surface area (Å²) in [5.74, 6) is 1.57. The Morgan fingerprint density at radius 1 is 1.54 bits per heavy atom. The Labute approximate surface area is 77.7 Å². The van der Waals surface area contributed by atoms with Crippen molar-refractivity contribution in [2.45, 2.75) is 20.3 Å². The third kappa shape index (κ3) is 1.72. The topological polar surface area (TPSA) is 28.7 Å². The van der Waals surface area contributed by atoms with E-state index >= 15 is 0 Å². The molecule has 0 saturated heterocycles. The molecule has 1 aliphatic carbocycles. The van der Waals surface area contributed by atoms with Gasteiger partial charge in [0.05, 0.1) is 10.7 Å². The van der Waals surface area contributed by atoms with Crippen molar-refractivity contribution >= 4 is 12.2 Å². The Kier molecular flexibility index (Phi) is 2.05. The molecule has 1 atom stereocenters. The molecule has 68 valence electrons. The van der Waals surface area contributed by atoms with Crippen LogP contribution in [0.2, 0.25) is 0 Å². The molecule has 0 radical (unpaired) electrons. The van der Waals surface area contributed by atoms with Crippen LogP contribution in [0.25, 0.3) is 12.2 Å². The van der Waals surface area contributed by atoms with Crippen LogP contribution >= 0.6 is 0 Å². The van der Waals surface area contributed by atoms with Crippen LogP contribution in [0.3, 0.4) is 0 Å². The van der Waals surface area contributed by atoms with Crippen LogP contribution < -0.4 is 10.7 Å². The van der Waals surface area contributed by atoms with E-state index in [0.29, 0.717) is 5.92 Å². The average molecular weight is 174 g/mol. The van der Waals surface area contributed by atoms with Crippen LogP contribution in [0.4, 0.5) is 0 Å². The van der Waals surface area contributed by atoms with Crippen molar-refractivity contribution in [2.75, 3.05) is 0 Å². The summed E-state index contributed by atoms with van der Waals surface area (Å²) in [5.41, 5.74) is 0. The minimum absolute atomic E-state index is 0.587. The molecule has 2 rings (SSSR count). The number of H-pyrrole nitrogens is 1. The van der Waals surface area contributed by atoms with E-state index in [-0.39, 0.29) is 0 Å². The van der Waals surface area contributed by atoms with E-state index in [2.05, 4.69) is 41.2 Å². The molecule has 1 N–H and O–H groups in total. The number of allylic oxidation sites excluding steroid dienone is 2. The zero-order chi connectivity index (χ0) is 9.26. The van der Waals surface area contributed by atoms with Gasteiger partial charge in [-0.05, 0) is 25.3 Å². The van der Waals surface area contributed by atoms with E-state index in [4.69, 9.17) is 0 Å². The standard InChI is InChI=1S/C11H14N2/c1-8-5-3-4-6-10-11(7-8)13-9(2)12-10/h3-4,6-8H,5H2,1-2H3,(H,12,13)/b4-3-,10-6-,11-7?. The number of aromatic amines is 1. The first kappa shape index (κ1) is 8.30. The predicted molar refractivity (Wildman–Crippen MR) is 54.4 cm³/mol. The molecule has 0 aliphatic heterocycles. The number of nitrogens with one attached hydrogen (secondary N) is 1. The summed E-state index contributed by atoms with van der Waals surface area (Å²) in [4.78, 5) is 7.66. The van der Waals surface area contributed by atoms with Crippen LogP contribution in [-0.4, -0.2) is 9.97 Å². The van der Waals surface area contributed by atoms with Gasteiger partial charge in [0.1, 0.15) is 5.82 Å². The predicted octanol–water partition coefficient (Wildman–Crippen LogP) is 0.875. The Balaban J connectivity index is 2.69. The highest BCUT2D eigenvalue weighted by molar-refractivity contribution is 5.38. The fourth-order valence-electron chi connectivity index (χ4n) is 1.59. The van der Waals surface area contributed by atoms with Crippen LogP contribution in [0.15, 0.2) is 12.2 Å². The van der Waals surface area contributed by atoms with Crippen LogP contribution in [0.5, 0.6) is 0 Å². The number of aryl methyl sites for hydroxylation is 1. The van der Waals surface area contributed by atoms with Crippen molar-refractivity contribution in [3.05, 3.63) is 28.7 Å². The lowest BCUT2D eigenvalue weighted by Gasteiger charge is -2.00. The van der Waals surface area contributed by atoms with Gasteiger partial charge in [-0.15, -0.1) is 0 Å². The van der Waals surface area contributed by atoms with Crippen molar-refractivity contribution < 1.29 is 0 Å². The molecule has 0 fully saturated rings. The van der Waals surface area contributed by atoms with Gasteiger partial charge in [-0.25, -0.2) is 4.98 Å². The fraction of sp³-hybridized carbons (Fsp3) is 0.364. The van der Waals surface area contributed by atoms with Gasteiger partial charge in [0.25, 0.3) is 0 Å². The van der Waals surface area contributed by atoms with E-state index in [1.807, 2.05) is 6.92 Å². The lowest BCUT2D eigenvalue weighted by Crippen LogP contribution is -2.25. The maximum Gasteiger partial charge on any atom is 0.104 e. The van der Waals surface area contributed by atoms with Gasteiger partial charge in [0.15, 0.2) is 0 Å². The van der Waals surface area contributed by atoms with Crippen LogP contribution in [0.1, 0.15) is 19.2 Å². The van der Waals surface area contributed by atoms with Crippen LogP contribution in [-0.2, 0) is 0 Å².